The van der Waals surface area contributed by atoms with Crippen LogP contribution in [0.15, 0.2) is 54.7 Å². The first-order valence-corrected chi connectivity index (χ1v) is 11.1. The molecule has 0 unspecified atom stereocenters. The highest BCUT2D eigenvalue weighted by molar-refractivity contribution is 6.30. The molecule has 0 saturated heterocycles. The van der Waals surface area contributed by atoms with E-state index in [0.29, 0.717) is 28.0 Å². The molecule has 2 aromatic heterocycles. The number of fused-ring (bicyclic) bond motifs is 1. The van der Waals surface area contributed by atoms with Gasteiger partial charge in [0.25, 0.3) is 11.9 Å². The van der Waals surface area contributed by atoms with Crippen LogP contribution in [0.25, 0.3) is 17.2 Å². The number of nitrogens with one attached hydrogen (secondary N) is 1. The van der Waals surface area contributed by atoms with Crippen molar-refractivity contribution in [3.8, 4) is 23.0 Å². The van der Waals surface area contributed by atoms with E-state index in [1.54, 1.807) is 36.5 Å². The number of primary amides is 1. The number of aromatic nitrogens is 5. The minimum absolute atomic E-state index is 0.172. The molecule has 0 spiro atoms. The third-order valence-corrected chi connectivity index (χ3v) is 5.87. The number of halogens is 1. The van der Waals surface area contributed by atoms with Crippen LogP contribution in [0.3, 0.4) is 0 Å². The van der Waals surface area contributed by atoms with Gasteiger partial charge in [-0.25, -0.2) is 4.98 Å². The zero-order valence-corrected chi connectivity index (χ0v) is 19.4. The zero-order chi connectivity index (χ0) is 24.5. The third kappa shape index (κ3) is 4.56. The Kier molecular flexibility index (Phi) is 5.87. The smallest absolute Gasteiger partial charge is 0.272 e. The van der Waals surface area contributed by atoms with Crippen LogP contribution in [0.2, 0.25) is 5.02 Å². The molecule has 35 heavy (non-hydrogen) atoms. The lowest BCUT2D eigenvalue weighted by Gasteiger charge is -2.24. The summed E-state index contributed by atoms with van der Waals surface area (Å²) in [4.78, 5) is 28.4. The summed E-state index contributed by atoms with van der Waals surface area (Å²) in [5, 5.41) is 16.4. The number of benzene rings is 2. The van der Waals surface area contributed by atoms with E-state index >= 15 is 0 Å². The Morgan fingerprint density at radius 3 is 2.83 bits per heavy atom. The predicted octanol–water partition coefficient (Wildman–Crippen LogP) is 3.02. The Balaban J connectivity index is 1.54. The highest BCUT2D eigenvalue weighted by Gasteiger charge is 2.33. The maximum atomic E-state index is 12.7. The van der Waals surface area contributed by atoms with Gasteiger partial charge in [-0.2, -0.15) is 14.9 Å². The minimum Gasteiger partial charge on any atom is -0.484 e. The van der Waals surface area contributed by atoms with E-state index in [-0.39, 0.29) is 30.8 Å². The molecule has 3 N–H and O–H groups in total. The number of nitrogens with zero attached hydrogens (tertiary/aromatic N) is 5. The number of carbonyl (C=O) groups excluding carboxylic acids is 2. The Labute approximate surface area is 205 Å². The molecular weight excluding hydrogens is 470 g/mol. The van der Waals surface area contributed by atoms with Gasteiger partial charge in [-0.3, -0.25) is 9.59 Å². The summed E-state index contributed by atoms with van der Waals surface area (Å²) in [6.45, 7) is 1.63. The Morgan fingerprint density at radius 1 is 1.26 bits per heavy atom. The second kappa shape index (κ2) is 9.15. The lowest BCUT2D eigenvalue weighted by Crippen LogP contribution is -2.25. The van der Waals surface area contributed by atoms with Crippen molar-refractivity contribution in [1.82, 2.24) is 25.0 Å². The maximum absolute atomic E-state index is 12.7. The first-order chi connectivity index (χ1) is 16.9. The summed E-state index contributed by atoms with van der Waals surface area (Å²) < 4.78 is 6.94. The van der Waals surface area contributed by atoms with Crippen LogP contribution in [-0.4, -0.2) is 43.4 Å². The first kappa shape index (κ1) is 22.5. The fourth-order valence-electron chi connectivity index (χ4n) is 4.10. The lowest BCUT2D eigenvalue weighted by atomic mass is 9.86. The molecule has 2 amide bonds. The summed E-state index contributed by atoms with van der Waals surface area (Å²) >= 11 is 6.00. The van der Waals surface area contributed by atoms with Crippen LogP contribution in [-0.2, 0) is 9.59 Å². The first-order valence-electron chi connectivity index (χ1n) is 10.8. The molecule has 3 heterocycles. The standard InChI is InChI=1S/C24H20ClN7O3/c1-13-22-18(15-3-2-4-17(9-15)35-12-20(26)33)10-21(34)29-23(22)32(31-13)24-28-19(11-27-30-24)14-5-7-16(25)8-6-14/h2-9,11,18H,10,12H2,1H3,(H2,26,33)(H,29,34)/t18-/m0/s1. The number of anilines is 1. The number of hydrogen-bond donors (Lipinski definition) is 2. The van der Waals surface area contributed by atoms with Crippen molar-refractivity contribution < 1.29 is 14.3 Å². The molecule has 0 bridgehead atoms. The number of hydrogen-bond acceptors (Lipinski definition) is 7. The minimum atomic E-state index is -0.568. The molecule has 176 valence electrons. The van der Waals surface area contributed by atoms with Crippen molar-refractivity contribution in [3.63, 3.8) is 0 Å². The molecule has 0 fully saturated rings. The zero-order valence-electron chi connectivity index (χ0n) is 18.6. The summed E-state index contributed by atoms with van der Waals surface area (Å²) in [7, 11) is 0. The van der Waals surface area contributed by atoms with Gasteiger partial charge < -0.3 is 15.8 Å². The molecule has 11 heteroatoms. The average molecular weight is 490 g/mol. The second-order valence-electron chi connectivity index (χ2n) is 8.04. The van der Waals surface area contributed by atoms with E-state index in [0.717, 1.165) is 16.7 Å². The summed E-state index contributed by atoms with van der Waals surface area (Å²) in [5.41, 5.74) is 9.00. The van der Waals surface area contributed by atoms with Gasteiger partial charge in [0.2, 0.25) is 5.91 Å². The normalized spacial score (nSPS) is 14.8. The fourth-order valence-corrected chi connectivity index (χ4v) is 4.22. The Bertz CT molecular complexity index is 1440. The van der Waals surface area contributed by atoms with Gasteiger partial charge in [-0.1, -0.05) is 35.9 Å². The molecule has 1 atom stereocenters. The topological polar surface area (TPSA) is 138 Å². The molecular formula is C24H20ClN7O3. The van der Waals surface area contributed by atoms with Gasteiger partial charge in [0, 0.05) is 28.5 Å². The van der Waals surface area contributed by atoms with Gasteiger partial charge in [-0.15, -0.1) is 5.10 Å². The van der Waals surface area contributed by atoms with E-state index in [1.165, 1.54) is 4.68 Å². The van der Waals surface area contributed by atoms with Gasteiger partial charge in [0.05, 0.1) is 17.6 Å². The largest absolute Gasteiger partial charge is 0.484 e. The van der Waals surface area contributed by atoms with Crippen molar-refractivity contribution in [3.05, 3.63) is 76.6 Å². The van der Waals surface area contributed by atoms with Crippen molar-refractivity contribution in [2.45, 2.75) is 19.3 Å². The second-order valence-corrected chi connectivity index (χ2v) is 8.48. The monoisotopic (exact) mass is 489 g/mol. The van der Waals surface area contributed by atoms with E-state index in [4.69, 9.17) is 22.1 Å². The van der Waals surface area contributed by atoms with Crippen LogP contribution in [0.4, 0.5) is 5.82 Å². The molecule has 5 rings (SSSR count). The molecule has 1 aliphatic rings. The van der Waals surface area contributed by atoms with Crippen LogP contribution in [0, 0.1) is 6.92 Å². The SMILES string of the molecule is Cc1nn(-c2nncc(-c3ccc(Cl)cc3)n2)c2c1[C@H](c1cccc(OCC(N)=O)c1)CC(=O)N2. The maximum Gasteiger partial charge on any atom is 0.272 e. The Hall–Kier alpha value is -4.31. The van der Waals surface area contributed by atoms with Crippen molar-refractivity contribution in [2.24, 2.45) is 5.73 Å². The number of rotatable bonds is 6. The van der Waals surface area contributed by atoms with E-state index in [1.807, 2.05) is 25.1 Å². The van der Waals surface area contributed by atoms with E-state index in [2.05, 4.69) is 25.6 Å². The highest BCUT2D eigenvalue weighted by atomic mass is 35.5. The highest BCUT2D eigenvalue weighted by Crippen LogP contribution is 2.40. The van der Waals surface area contributed by atoms with Crippen molar-refractivity contribution >= 4 is 29.2 Å². The summed E-state index contributed by atoms with van der Waals surface area (Å²) in [6, 6.07) is 14.5. The molecule has 10 nitrogen and oxygen atoms in total. The fraction of sp³-hybridized carbons (Fsp3) is 0.167. The summed E-state index contributed by atoms with van der Waals surface area (Å²) in [5.74, 6) is 0.179. The molecule has 0 saturated carbocycles. The van der Waals surface area contributed by atoms with Gasteiger partial charge in [0.1, 0.15) is 11.6 Å². The lowest BCUT2D eigenvalue weighted by molar-refractivity contribution is -0.120. The summed E-state index contributed by atoms with van der Waals surface area (Å²) in [6.07, 6.45) is 1.78. The number of amides is 2. The third-order valence-electron chi connectivity index (χ3n) is 5.62. The number of aryl methyl sites for hydroxylation is 1. The number of carbonyl (C=O) groups is 2. The molecule has 2 aromatic carbocycles. The van der Waals surface area contributed by atoms with Crippen LogP contribution in [0.5, 0.6) is 5.75 Å². The van der Waals surface area contributed by atoms with Gasteiger partial charge >= 0.3 is 0 Å². The predicted molar refractivity (Wildman–Crippen MR) is 128 cm³/mol. The average Bonchev–Trinajstić information content (AvgIpc) is 3.19. The van der Waals surface area contributed by atoms with Gasteiger partial charge in [-0.05, 0) is 36.8 Å². The van der Waals surface area contributed by atoms with Crippen LogP contribution >= 0.6 is 11.6 Å². The molecule has 4 aromatic rings. The molecule has 0 radical (unpaired) electrons. The quantitative estimate of drug-likeness (QED) is 0.424. The van der Waals surface area contributed by atoms with Crippen molar-refractivity contribution in [2.75, 3.05) is 11.9 Å². The van der Waals surface area contributed by atoms with Gasteiger partial charge in [0.15, 0.2) is 6.61 Å². The van der Waals surface area contributed by atoms with Crippen molar-refractivity contribution in [1.29, 1.82) is 0 Å². The van der Waals surface area contributed by atoms with Crippen LogP contribution in [0.1, 0.15) is 29.2 Å². The van der Waals surface area contributed by atoms with Crippen LogP contribution < -0.4 is 15.8 Å². The number of ether oxygens (including phenoxy) is 1. The Morgan fingerprint density at radius 2 is 2.06 bits per heavy atom. The molecule has 1 aliphatic heterocycles. The number of nitrogens with two attached hydrogens (primary N) is 1. The molecule has 0 aliphatic carbocycles. The van der Waals surface area contributed by atoms with E-state index < -0.39 is 5.91 Å². The van der Waals surface area contributed by atoms with E-state index in [9.17, 15) is 9.59 Å².